The predicted molar refractivity (Wildman–Crippen MR) is 101 cm³/mol. The lowest BCUT2D eigenvalue weighted by Crippen LogP contribution is -2.37. The molecule has 132 valence electrons. The highest BCUT2D eigenvalue weighted by Gasteiger charge is 2.05. The van der Waals surface area contributed by atoms with Crippen LogP contribution in [0.3, 0.4) is 0 Å². The van der Waals surface area contributed by atoms with Crippen LogP contribution in [-0.2, 0) is 31.5 Å². The highest BCUT2D eigenvalue weighted by atomic mass is 127. The van der Waals surface area contributed by atoms with E-state index in [1.165, 1.54) is 12.4 Å². The van der Waals surface area contributed by atoms with Crippen molar-refractivity contribution in [2.24, 2.45) is 12.0 Å². The number of nitrogens with one attached hydrogen (secondary N) is 2. The largest absolute Gasteiger partial charge is 0.380 e. The molecule has 0 aliphatic heterocycles. The topological polar surface area (TPSA) is 76.4 Å². The molecule has 0 spiro atoms. The third-order valence-electron chi connectivity index (χ3n) is 3.31. The number of ether oxygens (including phenoxy) is 1. The van der Waals surface area contributed by atoms with Crippen molar-refractivity contribution < 1.29 is 9.13 Å². The van der Waals surface area contributed by atoms with Gasteiger partial charge in [0, 0.05) is 33.3 Å². The zero-order chi connectivity index (χ0) is 16.7. The van der Waals surface area contributed by atoms with Gasteiger partial charge in [0.2, 0.25) is 0 Å². The van der Waals surface area contributed by atoms with E-state index in [0.29, 0.717) is 24.6 Å². The predicted octanol–water partition coefficient (Wildman–Crippen LogP) is 1.58. The number of nitrogens with zero attached hydrogens (tertiary/aromatic N) is 4. The molecule has 1 heterocycles. The monoisotopic (exact) mass is 448 g/mol. The Morgan fingerprint density at radius 1 is 1.33 bits per heavy atom. The van der Waals surface area contributed by atoms with Crippen molar-refractivity contribution in [1.29, 1.82) is 0 Å². The van der Waals surface area contributed by atoms with E-state index in [2.05, 4.69) is 25.7 Å². The molecule has 24 heavy (non-hydrogen) atoms. The van der Waals surface area contributed by atoms with Crippen LogP contribution in [0.15, 0.2) is 29.5 Å². The van der Waals surface area contributed by atoms with Gasteiger partial charge in [0.15, 0.2) is 5.96 Å². The summed E-state index contributed by atoms with van der Waals surface area (Å²) < 4.78 is 20.3. The molecule has 0 aliphatic carbocycles. The van der Waals surface area contributed by atoms with Gasteiger partial charge in [-0.05, 0) is 17.7 Å². The van der Waals surface area contributed by atoms with Gasteiger partial charge in [-0.15, -0.1) is 24.0 Å². The lowest BCUT2D eigenvalue weighted by atomic mass is 10.1. The van der Waals surface area contributed by atoms with Gasteiger partial charge in [-0.25, -0.2) is 9.37 Å². The fourth-order valence-electron chi connectivity index (χ4n) is 2.05. The van der Waals surface area contributed by atoms with E-state index in [0.717, 1.165) is 11.4 Å². The first-order chi connectivity index (χ1) is 11.1. The van der Waals surface area contributed by atoms with Gasteiger partial charge >= 0.3 is 0 Å². The number of rotatable bonds is 6. The van der Waals surface area contributed by atoms with Crippen LogP contribution in [0.4, 0.5) is 4.39 Å². The van der Waals surface area contributed by atoms with Crippen LogP contribution in [-0.4, -0.2) is 34.9 Å². The number of aliphatic imine (C=N–C) groups is 1. The lowest BCUT2D eigenvalue weighted by Gasteiger charge is -2.12. The fourth-order valence-corrected chi connectivity index (χ4v) is 2.05. The molecule has 2 rings (SSSR count). The van der Waals surface area contributed by atoms with Gasteiger partial charge in [0.25, 0.3) is 0 Å². The Bertz CT molecular complexity index is 676. The maximum Gasteiger partial charge on any atom is 0.191 e. The maximum atomic E-state index is 13.6. The zero-order valence-electron chi connectivity index (χ0n) is 13.9. The molecule has 0 radical (unpaired) electrons. The molecule has 2 aromatic rings. The first kappa shape index (κ1) is 20.3. The molecule has 0 atom stereocenters. The molecular formula is C15H22FIN6O. The van der Waals surface area contributed by atoms with E-state index in [1.54, 1.807) is 31.0 Å². The van der Waals surface area contributed by atoms with Crippen LogP contribution in [0.5, 0.6) is 0 Å². The molecule has 0 saturated carbocycles. The number of benzene rings is 1. The summed E-state index contributed by atoms with van der Waals surface area (Å²) in [4.78, 5) is 8.28. The molecule has 1 aromatic heterocycles. The van der Waals surface area contributed by atoms with Crippen molar-refractivity contribution in [3.63, 3.8) is 0 Å². The third kappa shape index (κ3) is 5.71. The summed E-state index contributed by atoms with van der Waals surface area (Å²) in [7, 11) is 5.06. The minimum Gasteiger partial charge on any atom is -0.380 e. The van der Waals surface area contributed by atoms with Crippen molar-refractivity contribution >= 4 is 29.9 Å². The second kappa shape index (κ2) is 10.2. The van der Waals surface area contributed by atoms with Gasteiger partial charge in [-0.2, -0.15) is 5.10 Å². The third-order valence-corrected chi connectivity index (χ3v) is 3.31. The highest BCUT2D eigenvalue weighted by Crippen LogP contribution is 2.11. The van der Waals surface area contributed by atoms with Crippen molar-refractivity contribution in [2.75, 3.05) is 14.2 Å². The zero-order valence-corrected chi connectivity index (χ0v) is 16.2. The lowest BCUT2D eigenvalue weighted by molar-refractivity contribution is 0.181. The Labute approximate surface area is 157 Å². The van der Waals surface area contributed by atoms with Gasteiger partial charge in [0.1, 0.15) is 18.0 Å². The molecule has 1 aromatic carbocycles. The molecule has 7 nitrogen and oxygen atoms in total. The van der Waals surface area contributed by atoms with Gasteiger partial charge in [-0.3, -0.25) is 9.67 Å². The number of hydrogen-bond acceptors (Lipinski definition) is 4. The number of hydrogen-bond donors (Lipinski definition) is 2. The average molecular weight is 448 g/mol. The Kier molecular flexibility index (Phi) is 8.61. The quantitative estimate of drug-likeness (QED) is 0.399. The summed E-state index contributed by atoms with van der Waals surface area (Å²) in [6.45, 7) is 1.28. The summed E-state index contributed by atoms with van der Waals surface area (Å²) in [5.74, 6) is 1.17. The maximum absolute atomic E-state index is 13.6. The second-order valence-corrected chi connectivity index (χ2v) is 4.94. The molecule has 2 N–H and O–H groups in total. The smallest absolute Gasteiger partial charge is 0.191 e. The molecule has 0 saturated heterocycles. The Hall–Kier alpha value is -1.75. The number of guanidine groups is 1. The van der Waals surface area contributed by atoms with Gasteiger partial charge in [0.05, 0.1) is 13.2 Å². The van der Waals surface area contributed by atoms with E-state index in [-0.39, 0.29) is 36.4 Å². The highest BCUT2D eigenvalue weighted by molar-refractivity contribution is 14.0. The molecule has 0 fully saturated rings. The Morgan fingerprint density at radius 3 is 2.71 bits per heavy atom. The normalized spacial score (nSPS) is 11.1. The van der Waals surface area contributed by atoms with Crippen molar-refractivity contribution in [3.8, 4) is 0 Å². The summed E-state index contributed by atoms with van der Waals surface area (Å²) >= 11 is 0. The van der Waals surface area contributed by atoms with E-state index in [9.17, 15) is 4.39 Å². The van der Waals surface area contributed by atoms with Crippen molar-refractivity contribution in [3.05, 3.63) is 47.3 Å². The summed E-state index contributed by atoms with van der Waals surface area (Å²) in [5, 5.41) is 10.3. The SMILES string of the molecule is CN=C(NCc1ccc(F)c(COC)c1)NCc1ncnn1C.I. The van der Waals surface area contributed by atoms with Crippen molar-refractivity contribution in [1.82, 2.24) is 25.4 Å². The molecular weight excluding hydrogens is 426 g/mol. The van der Waals surface area contributed by atoms with Crippen LogP contribution < -0.4 is 10.6 Å². The molecule has 0 aliphatic rings. The van der Waals surface area contributed by atoms with Crippen LogP contribution in [0.2, 0.25) is 0 Å². The van der Waals surface area contributed by atoms with E-state index >= 15 is 0 Å². The van der Waals surface area contributed by atoms with Crippen LogP contribution >= 0.6 is 24.0 Å². The Morgan fingerprint density at radius 2 is 2.08 bits per heavy atom. The van der Waals surface area contributed by atoms with Crippen LogP contribution in [0.25, 0.3) is 0 Å². The van der Waals surface area contributed by atoms with Gasteiger partial charge in [-0.1, -0.05) is 6.07 Å². The van der Waals surface area contributed by atoms with E-state index in [1.807, 2.05) is 7.05 Å². The van der Waals surface area contributed by atoms with E-state index < -0.39 is 0 Å². The first-order valence-corrected chi connectivity index (χ1v) is 7.17. The molecule has 0 unspecified atom stereocenters. The summed E-state index contributed by atoms with van der Waals surface area (Å²) in [6.07, 6.45) is 1.50. The van der Waals surface area contributed by atoms with Gasteiger partial charge < -0.3 is 15.4 Å². The minimum absolute atomic E-state index is 0. The summed E-state index contributed by atoms with van der Waals surface area (Å²) in [6, 6.07) is 4.96. The standard InChI is InChI=1S/C15H21FN6O.HI/c1-17-15(19-8-14-20-10-21-22(14)2)18-7-11-4-5-13(16)12(6-11)9-23-3;/h4-6,10H,7-9H2,1-3H3,(H2,17,18,19);1H. The molecule has 9 heteroatoms. The van der Waals surface area contributed by atoms with Crippen LogP contribution in [0.1, 0.15) is 17.0 Å². The minimum atomic E-state index is -0.264. The number of aromatic nitrogens is 3. The molecule has 0 amide bonds. The summed E-state index contributed by atoms with van der Waals surface area (Å²) in [5.41, 5.74) is 1.48. The Balaban J connectivity index is 0.00000288. The second-order valence-electron chi connectivity index (χ2n) is 4.94. The number of methoxy groups -OCH3 is 1. The molecule has 0 bridgehead atoms. The average Bonchev–Trinajstić information content (AvgIpc) is 2.96. The number of aryl methyl sites for hydroxylation is 1. The van der Waals surface area contributed by atoms with E-state index in [4.69, 9.17) is 4.74 Å². The fraction of sp³-hybridized carbons (Fsp3) is 0.400. The number of halogens is 2. The first-order valence-electron chi connectivity index (χ1n) is 7.17. The van der Waals surface area contributed by atoms with Crippen LogP contribution in [0, 0.1) is 5.82 Å². The van der Waals surface area contributed by atoms with Crippen molar-refractivity contribution in [2.45, 2.75) is 19.7 Å².